The number of rotatable bonds is 6. The first-order chi connectivity index (χ1) is 10.6. The molecule has 1 heterocycles. The highest BCUT2D eigenvalue weighted by molar-refractivity contribution is 5.77. The van der Waals surface area contributed by atoms with Gasteiger partial charge in [-0.2, -0.15) is 0 Å². The molecule has 1 atom stereocenters. The number of morpholine rings is 1. The van der Waals surface area contributed by atoms with Gasteiger partial charge in [-0.05, 0) is 18.1 Å². The van der Waals surface area contributed by atoms with Crippen LogP contribution in [-0.2, 0) is 20.7 Å². The first-order valence-electron chi connectivity index (χ1n) is 7.33. The lowest BCUT2D eigenvalue weighted by Crippen LogP contribution is -2.46. The summed E-state index contributed by atoms with van der Waals surface area (Å²) in [5.41, 5.74) is 0.994. The molecule has 2 rings (SSSR count). The highest BCUT2D eigenvalue weighted by Crippen LogP contribution is 2.19. The molecule has 1 aliphatic rings. The number of methoxy groups -OCH3 is 1. The summed E-state index contributed by atoms with van der Waals surface area (Å²) in [6, 6.07) is 7.62. The fraction of sp³-hybridized carbons (Fsp3) is 0.500. The van der Waals surface area contributed by atoms with E-state index in [1.54, 1.807) is 12.0 Å². The molecule has 1 unspecified atom stereocenters. The molecule has 1 aromatic rings. The minimum atomic E-state index is -0.909. The van der Waals surface area contributed by atoms with Crippen molar-refractivity contribution in [3.8, 4) is 5.75 Å². The van der Waals surface area contributed by atoms with E-state index in [0.29, 0.717) is 32.5 Å². The number of ether oxygens (including phenoxy) is 2. The number of carboxylic acids is 1. The molecule has 22 heavy (non-hydrogen) atoms. The van der Waals surface area contributed by atoms with Crippen molar-refractivity contribution in [2.24, 2.45) is 0 Å². The van der Waals surface area contributed by atoms with Crippen molar-refractivity contribution < 1.29 is 24.2 Å². The van der Waals surface area contributed by atoms with Crippen LogP contribution in [0.4, 0.5) is 0 Å². The number of nitrogens with zero attached hydrogens (tertiary/aromatic N) is 1. The van der Waals surface area contributed by atoms with Crippen LogP contribution in [0.2, 0.25) is 0 Å². The summed E-state index contributed by atoms with van der Waals surface area (Å²) < 4.78 is 10.6. The Morgan fingerprint density at radius 1 is 1.41 bits per heavy atom. The van der Waals surface area contributed by atoms with Gasteiger partial charge in [0.25, 0.3) is 0 Å². The molecule has 1 fully saturated rings. The van der Waals surface area contributed by atoms with Gasteiger partial charge in [0.15, 0.2) is 0 Å². The molecule has 120 valence electrons. The zero-order valence-corrected chi connectivity index (χ0v) is 12.7. The van der Waals surface area contributed by atoms with Crippen molar-refractivity contribution in [2.45, 2.75) is 25.4 Å². The second-order valence-electron chi connectivity index (χ2n) is 5.24. The number of hydrogen-bond acceptors (Lipinski definition) is 4. The zero-order valence-electron chi connectivity index (χ0n) is 12.7. The third kappa shape index (κ3) is 4.46. The first-order valence-corrected chi connectivity index (χ1v) is 7.33. The summed E-state index contributed by atoms with van der Waals surface area (Å²) in [6.07, 6.45) is 0.488. The van der Waals surface area contributed by atoms with Crippen LogP contribution in [0.1, 0.15) is 18.4 Å². The van der Waals surface area contributed by atoms with Crippen LogP contribution in [0.15, 0.2) is 24.3 Å². The van der Waals surface area contributed by atoms with E-state index in [1.807, 2.05) is 24.3 Å². The molecule has 6 nitrogen and oxygen atoms in total. The van der Waals surface area contributed by atoms with Gasteiger partial charge < -0.3 is 19.5 Å². The third-order valence-corrected chi connectivity index (χ3v) is 3.69. The van der Waals surface area contributed by atoms with Crippen molar-refractivity contribution in [1.82, 2.24) is 4.90 Å². The van der Waals surface area contributed by atoms with Gasteiger partial charge in [-0.25, -0.2) is 0 Å². The maximum atomic E-state index is 12.3. The topological polar surface area (TPSA) is 76.1 Å². The number of carbonyl (C=O) groups is 2. The number of aliphatic carboxylic acids is 1. The van der Waals surface area contributed by atoms with Gasteiger partial charge >= 0.3 is 5.97 Å². The van der Waals surface area contributed by atoms with E-state index in [9.17, 15) is 9.59 Å². The number of amides is 1. The molecule has 0 radical (unpaired) electrons. The Labute approximate surface area is 129 Å². The minimum Gasteiger partial charge on any atom is -0.496 e. The lowest BCUT2D eigenvalue weighted by atomic mass is 10.1. The standard InChI is InChI=1S/C16H21NO5/c1-21-14-5-3-2-4-12(14)6-7-15(18)17-8-9-22-13(11-17)10-16(19)20/h2-5,13H,6-11H2,1H3,(H,19,20). The van der Waals surface area contributed by atoms with Crippen LogP contribution >= 0.6 is 0 Å². The predicted molar refractivity (Wildman–Crippen MR) is 79.9 cm³/mol. The van der Waals surface area contributed by atoms with Gasteiger partial charge in [-0.3, -0.25) is 9.59 Å². The van der Waals surface area contributed by atoms with Gasteiger partial charge in [0.05, 0.1) is 26.2 Å². The van der Waals surface area contributed by atoms with Crippen molar-refractivity contribution in [3.05, 3.63) is 29.8 Å². The molecule has 1 aliphatic heterocycles. The normalized spacial score (nSPS) is 18.0. The maximum absolute atomic E-state index is 12.3. The minimum absolute atomic E-state index is 0.0181. The van der Waals surface area contributed by atoms with E-state index in [-0.39, 0.29) is 12.3 Å². The number of para-hydroxylation sites is 1. The van der Waals surface area contributed by atoms with Crippen molar-refractivity contribution in [3.63, 3.8) is 0 Å². The number of aryl methyl sites for hydroxylation is 1. The fourth-order valence-electron chi connectivity index (χ4n) is 2.57. The largest absolute Gasteiger partial charge is 0.496 e. The summed E-state index contributed by atoms with van der Waals surface area (Å²) in [7, 11) is 1.61. The molecule has 0 aliphatic carbocycles. The molecule has 1 saturated heterocycles. The molecule has 1 amide bonds. The van der Waals surface area contributed by atoms with Crippen LogP contribution in [0.25, 0.3) is 0 Å². The van der Waals surface area contributed by atoms with E-state index in [0.717, 1.165) is 11.3 Å². The van der Waals surface area contributed by atoms with E-state index >= 15 is 0 Å². The second-order valence-corrected chi connectivity index (χ2v) is 5.24. The smallest absolute Gasteiger partial charge is 0.306 e. The summed E-state index contributed by atoms with van der Waals surface area (Å²) >= 11 is 0. The van der Waals surface area contributed by atoms with Gasteiger partial charge in [0.2, 0.25) is 5.91 Å². The number of hydrogen-bond donors (Lipinski definition) is 1. The predicted octanol–water partition coefficient (Wildman–Crippen LogP) is 1.33. The molecular formula is C16H21NO5. The van der Waals surface area contributed by atoms with E-state index in [4.69, 9.17) is 14.6 Å². The summed E-state index contributed by atoms with van der Waals surface area (Å²) in [6.45, 7) is 1.25. The first kappa shape index (κ1) is 16.3. The molecule has 0 bridgehead atoms. The van der Waals surface area contributed by atoms with Crippen LogP contribution in [-0.4, -0.2) is 54.8 Å². The third-order valence-electron chi connectivity index (χ3n) is 3.69. The number of benzene rings is 1. The number of carboxylic acid groups (broad SMARTS) is 1. The monoisotopic (exact) mass is 307 g/mol. The van der Waals surface area contributed by atoms with Gasteiger partial charge in [0.1, 0.15) is 5.75 Å². The van der Waals surface area contributed by atoms with Crippen LogP contribution in [0, 0.1) is 0 Å². The summed E-state index contributed by atoms with van der Waals surface area (Å²) in [5.74, 6) is -0.112. The number of carbonyl (C=O) groups excluding carboxylic acids is 1. The molecule has 0 spiro atoms. The molecule has 0 aromatic heterocycles. The fourth-order valence-corrected chi connectivity index (χ4v) is 2.57. The lowest BCUT2D eigenvalue weighted by Gasteiger charge is -2.32. The Kier molecular flexibility index (Phi) is 5.77. The summed E-state index contributed by atoms with van der Waals surface area (Å²) in [5, 5.41) is 8.80. The van der Waals surface area contributed by atoms with Crippen LogP contribution in [0.5, 0.6) is 5.75 Å². The van der Waals surface area contributed by atoms with Gasteiger partial charge in [0, 0.05) is 19.5 Å². The lowest BCUT2D eigenvalue weighted by molar-refractivity contribution is -0.147. The molecule has 6 heteroatoms. The van der Waals surface area contributed by atoms with Crippen molar-refractivity contribution in [2.75, 3.05) is 26.8 Å². The van der Waals surface area contributed by atoms with Crippen LogP contribution < -0.4 is 4.74 Å². The Morgan fingerprint density at radius 3 is 2.91 bits per heavy atom. The van der Waals surface area contributed by atoms with E-state index in [2.05, 4.69) is 0 Å². The molecule has 1 aromatic carbocycles. The highest BCUT2D eigenvalue weighted by atomic mass is 16.5. The Morgan fingerprint density at radius 2 is 2.18 bits per heavy atom. The average molecular weight is 307 g/mol. The van der Waals surface area contributed by atoms with E-state index < -0.39 is 12.1 Å². The summed E-state index contributed by atoms with van der Waals surface area (Å²) in [4.78, 5) is 24.7. The second kappa shape index (κ2) is 7.79. The molecule has 1 N–H and O–H groups in total. The Bertz CT molecular complexity index is 531. The quantitative estimate of drug-likeness (QED) is 0.858. The molecule has 0 saturated carbocycles. The molecular weight excluding hydrogens is 286 g/mol. The van der Waals surface area contributed by atoms with Crippen molar-refractivity contribution in [1.29, 1.82) is 0 Å². The van der Waals surface area contributed by atoms with Gasteiger partial charge in [-0.15, -0.1) is 0 Å². The zero-order chi connectivity index (χ0) is 15.9. The Balaban J connectivity index is 1.87. The Hall–Kier alpha value is -2.08. The average Bonchev–Trinajstić information content (AvgIpc) is 2.52. The van der Waals surface area contributed by atoms with Gasteiger partial charge in [-0.1, -0.05) is 18.2 Å². The van der Waals surface area contributed by atoms with Crippen molar-refractivity contribution >= 4 is 11.9 Å². The van der Waals surface area contributed by atoms with Crippen LogP contribution in [0.3, 0.4) is 0 Å². The highest BCUT2D eigenvalue weighted by Gasteiger charge is 2.25. The maximum Gasteiger partial charge on any atom is 0.306 e. The SMILES string of the molecule is COc1ccccc1CCC(=O)N1CCOC(CC(=O)O)C1. The van der Waals surface area contributed by atoms with E-state index in [1.165, 1.54) is 0 Å².